The summed E-state index contributed by atoms with van der Waals surface area (Å²) < 4.78 is 13.3. The number of ether oxygens (including phenoxy) is 2. The minimum Gasteiger partial charge on any atom is -0.448 e. The molecule has 4 rings (SSSR count). The number of nitrogens with two attached hydrogens (primary N) is 1. The Morgan fingerprint density at radius 3 is 2.10 bits per heavy atom. The van der Waals surface area contributed by atoms with Gasteiger partial charge in [-0.05, 0) is 43.4 Å². The van der Waals surface area contributed by atoms with Crippen molar-refractivity contribution < 1.29 is 9.47 Å². The van der Waals surface area contributed by atoms with Crippen molar-refractivity contribution in [3.8, 4) is 11.5 Å². The summed E-state index contributed by atoms with van der Waals surface area (Å²) in [5, 5.41) is 0. The quantitative estimate of drug-likeness (QED) is 0.834. The van der Waals surface area contributed by atoms with E-state index in [1.54, 1.807) is 0 Å². The van der Waals surface area contributed by atoms with E-state index in [9.17, 15) is 0 Å². The Bertz CT molecular complexity index is 546. The van der Waals surface area contributed by atoms with Crippen LogP contribution in [-0.2, 0) is 5.54 Å². The van der Waals surface area contributed by atoms with Gasteiger partial charge in [-0.1, -0.05) is 28.8 Å². The SMILES string of the molecule is NC1(c2cc3c(cc2Br)OC2(CCCC2)O3)CCCC1. The first-order valence-corrected chi connectivity index (χ1v) is 8.41. The molecule has 0 atom stereocenters. The second-order valence-electron chi connectivity index (χ2n) is 6.46. The maximum Gasteiger partial charge on any atom is 0.251 e. The van der Waals surface area contributed by atoms with Crippen molar-refractivity contribution in [1.82, 2.24) is 0 Å². The van der Waals surface area contributed by atoms with Crippen molar-refractivity contribution in [3.05, 3.63) is 22.2 Å². The fraction of sp³-hybridized carbons (Fsp3) is 0.625. The van der Waals surface area contributed by atoms with Crippen LogP contribution in [0.5, 0.6) is 11.5 Å². The predicted molar refractivity (Wildman–Crippen MR) is 80.9 cm³/mol. The Morgan fingerprint density at radius 1 is 0.900 bits per heavy atom. The number of hydrogen-bond acceptors (Lipinski definition) is 3. The molecule has 1 aliphatic heterocycles. The minimum atomic E-state index is -0.391. The van der Waals surface area contributed by atoms with Crippen LogP contribution in [0.2, 0.25) is 0 Å². The number of hydrogen-bond donors (Lipinski definition) is 1. The van der Waals surface area contributed by atoms with E-state index in [0.717, 1.165) is 41.7 Å². The van der Waals surface area contributed by atoms with Crippen molar-refractivity contribution in [1.29, 1.82) is 0 Å². The number of fused-ring (bicyclic) bond motifs is 1. The maximum atomic E-state index is 6.59. The largest absolute Gasteiger partial charge is 0.448 e. The van der Waals surface area contributed by atoms with Crippen LogP contribution in [0.15, 0.2) is 16.6 Å². The van der Waals surface area contributed by atoms with Crippen LogP contribution in [0.3, 0.4) is 0 Å². The zero-order valence-electron chi connectivity index (χ0n) is 11.6. The van der Waals surface area contributed by atoms with Crippen LogP contribution in [0.1, 0.15) is 56.9 Å². The van der Waals surface area contributed by atoms with Crippen LogP contribution in [0, 0.1) is 0 Å². The minimum absolute atomic E-state index is 0.206. The molecule has 3 aliphatic rings. The molecule has 0 unspecified atom stereocenters. The van der Waals surface area contributed by atoms with E-state index in [2.05, 4.69) is 22.0 Å². The molecule has 1 aromatic rings. The second-order valence-corrected chi connectivity index (χ2v) is 7.32. The van der Waals surface area contributed by atoms with E-state index < -0.39 is 5.79 Å². The Hall–Kier alpha value is -0.740. The highest BCUT2D eigenvalue weighted by Crippen LogP contribution is 2.50. The topological polar surface area (TPSA) is 44.5 Å². The van der Waals surface area contributed by atoms with Gasteiger partial charge in [0.2, 0.25) is 0 Å². The van der Waals surface area contributed by atoms with E-state index >= 15 is 0 Å². The highest BCUT2D eigenvalue weighted by molar-refractivity contribution is 9.10. The van der Waals surface area contributed by atoms with Crippen molar-refractivity contribution in [3.63, 3.8) is 0 Å². The third kappa shape index (κ3) is 1.88. The van der Waals surface area contributed by atoms with Gasteiger partial charge in [0.25, 0.3) is 5.79 Å². The van der Waals surface area contributed by atoms with E-state index in [1.807, 2.05) is 6.07 Å². The van der Waals surface area contributed by atoms with E-state index in [-0.39, 0.29) is 5.54 Å². The Morgan fingerprint density at radius 2 is 1.45 bits per heavy atom. The summed E-state index contributed by atoms with van der Waals surface area (Å²) >= 11 is 3.68. The van der Waals surface area contributed by atoms with Gasteiger partial charge < -0.3 is 15.2 Å². The Balaban J connectivity index is 1.72. The molecule has 2 fully saturated rings. The summed E-state index contributed by atoms with van der Waals surface area (Å²) in [5.74, 6) is 1.35. The third-order valence-electron chi connectivity index (χ3n) is 5.02. The summed E-state index contributed by atoms with van der Waals surface area (Å²) in [4.78, 5) is 0. The van der Waals surface area contributed by atoms with E-state index in [0.29, 0.717) is 0 Å². The molecule has 0 amide bonds. The molecule has 1 aromatic carbocycles. The molecule has 0 radical (unpaired) electrons. The van der Waals surface area contributed by atoms with Crippen LogP contribution in [-0.4, -0.2) is 5.79 Å². The molecule has 4 heteroatoms. The normalized spacial score (nSPS) is 25.5. The van der Waals surface area contributed by atoms with Crippen molar-refractivity contribution >= 4 is 15.9 Å². The summed E-state index contributed by atoms with van der Waals surface area (Å²) in [5.41, 5.74) is 7.56. The lowest BCUT2D eigenvalue weighted by Crippen LogP contribution is -2.34. The standard InChI is InChI=1S/C16H20BrNO2/c17-12-10-14-13(19-16(20-14)7-3-4-8-16)9-11(12)15(18)5-1-2-6-15/h9-10H,1-8,18H2. The predicted octanol–water partition coefficient (Wildman–Crippen LogP) is 4.22. The van der Waals surface area contributed by atoms with Crippen LogP contribution in [0.4, 0.5) is 0 Å². The first-order valence-electron chi connectivity index (χ1n) is 7.61. The molecule has 0 aromatic heterocycles. The van der Waals surface area contributed by atoms with Crippen LogP contribution in [0.25, 0.3) is 0 Å². The van der Waals surface area contributed by atoms with E-state index in [1.165, 1.54) is 31.2 Å². The first-order chi connectivity index (χ1) is 9.60. The maximum absolute atomic E-state index is 6.59. The summed E-state index contributed by atoms with van der Waals surface area (Å²) in [6, 6.07) is 4.16. The van der Waals surface area contributed by atoms with Crippen molar-refractivity contribution in [2.45, 2.75) is 62.7 Å². The van der Waals surface area contributed by atoms with Crippen LogP contribution < -0.4 is 15.2 Å². The summed E-state index contributed by atoms with van der Waals surface area (Å²) in [6.45, 7) is 0. The van der Waals surface area contributed by atoms with Gasteiger partial charge in [-0.15, -0.1) is 0 Å². The molecular weight excluding hydrogens is 318 g/mol. The highest BCUT2D eigenvalue weighted by atomic mass is 79.9. The lowest BCUT2D eigenvalue weighted by atomic mass is 9.89. The first kappa shape index (κ1) is 13.0. The average molecular weight is 338 g/mol. The molecule has 20 heavy (non-hydrogen) atoms. The van der Waals surface area contributed by atoms with Gasteiger partial charge in [-0.3, -0.25) is 0 Å². The van der Waals surface area contributed by atoms with Gasteiger partial charge in [-0.25, -0.2) is 0 Å². The fourth-order valence-corrected chi connectivity index (χ4v) is 4.61. The zero-order chi connectivity index (χ0) is 13.8. The molecule has 1 heterocycles. The lowest BCUT2D eigenvalue weighted by Gasteiger charge is -2.25. The summed E-state index contributed by atoms with van der Waals surface area (Å²) in [7, 11) is 0. The smallest absolute Gasteiger partial charge is 0.251 e. The van der Waals surface area contributed by atoms with Crippen molar-refractivity contribution in [2.75, 3.05) is 0 Å². The highest BCUT2D eigenvalue weighted by Gasteiger charge is 2.45. The monoisotopic (exact) mass is 337 g/mol. The Kier molecular flexibility index (Phi) is 2.84. The van der Waals surface area contributed by atoms with Gasteiger partial charge in [-0.2, -0.15) is 0 Å². The second kappa shape index (κ2) is 4.38. The Labute approximate surface area is 127 Å². The van der Waals surface area contributed by atoms with Gasteiger partial charge in [0.1, 0.15) is 0 Å². The summed E-state index contributed by atoms with van der Waals surface area (Å²) in [6.07, 6.45) is 8.87. The molecule has 3 nitrogen and oxygen atoms in total. The molecule has 1 spiro atoms. The van der Waals surface area contributed by atoms with Gasteiger partial charge >= 0.3 is 0 Å². The number of halogens is 1. The third-order valence-corrected chi connectivity index (χ3v) is 5.68. The average Bonchev–Trinajstić information content (AvgIpc) is 3.10. The zero-order valence-corrected chi connectivity index (χ0v) is 13.2. The lowest BCUT2D eigenvalue weighted by molar-refractivity contribution is -0.0716. The van der Waals surface area contributed by atoms with Crippen LogP contribution >= 0.6 is 15.9 Å². The molecule has 2 aliphatic carbocycles. The van der Waals surface area contributed by atoms with Gasteiger partial charge in [0.05, 0.1) is 0 Å². The fourth-order valence-electron chi connectivity index (χ4n) is 3.89. The van der Waals surface area contributed by atoms with Gasteiger partial charge in [0, 0.05) is 22.9 Å². The molecular formula is C16H20BrNO2. The van der Waals surface area contributed by atoms with Crippen molar-refractivity contribution in [2.24, 2.45) is 5.73 Å². The molecule has 2 N–H and O–H groups in total. The molecule has 0 bridgehead atoms. The number of benzene rings is 1. The molecule has 0 saturated heterocycles. The molecule has 108 valence electrons. The number of rotatable bonds is 1. The molecule has 2 saturated carbocycles. The van der Waals surface area contributed by atoms with E-state index in [4.69, 9.17) is 15.2 Å². The van der Waals surface area contributed by atoms with Gasteiger partial charge in [0.15, 0.2) is 11.5 Å².